The van der Waals surface area contributed by atoms with Gasteiger partial charge in [-0.2, -0.15) is 0 Å². The summed E-state index contributed by atoms with van der Waals surface area (Å²) in [4.78, 5) is 3.59. The van der Waals surface area contributed by atoms with Crippen molar-refractivity contribution in [2.45, 2.75) is 0 Å². The van der Waals surface area contributed by atoms with Gasteiger partial charge in [0.2, 0.25) is 0 Å². The first-order valence-electron chi connectivity index (χ1n) is 4.34. The van der Waals surface area contributed by atoms with Crippen LogP contribution in [0.1, 0.15) is 0 Å². The molecule has 0 amide bonds. The molecule has 2 heteroatoms. The second-order valence-electron chi connectivity index (χ2n) is 3.11. The minimum Gasteiger partial charge on any atom is -0.323 e. The standard InChI is InChI=1S/C11H9NS/c1-2-6-12-7-4-9-5-8-13-11(9)10(12)3-1/h1-7H,8H2. The summed E-state index contributed by atoms with van der Waals surface area (Å²) in [5.41, 5.74) is 2.70. The average molecular weight is 187 g/mol. The second kappa shape index (κ2) is 2.67. The molecule has 0 N–H and O–H groups in total. The number of fused-ring (bicyclic) bond motifs is 2. The Hall–Kier alpha value is -1.15. The molecule has 0 bridgehead atoms. The van der Waals surface area contributed by atoms with Gasteiger partial charge in [-0.15, -0.1) is 11.8 Å². The summed E-state index contributed by atoms with van der Waals surface area (Å²) >= 11 is 1.92. The molecule has 0 saturated carbocycles. The zero-order valence-corrected chi connectivity index (χ0v) is 7.92. The summed E-state index contributed by atoms with van der Waals surface area (Å²) in [5, 5.41) is 0. The molecule has 0 aromatic heterocycles. The maximum Gasteiger partial charge on any atom is 0.0591 e. The third kappa shape index (κ3) is 1.02. The van der Waals surface area contributed by atoms with Crippen molar-refractivity contribution in [2.24, 2.45) is 0 Å². The van der Waals surface area contributed by atoms with Crippen molar-refractivity contribution in [1.29, 1.82) is 0 Å². The molecule has 0 aromatic rings. The summed E-state index contributed by atoms with van der Waals surface area (Å²) in [6, 6.07) is 0. The van der Waals surface area contributed by atoms with Crippen LogP contribution in [0.25, 0.3) is 0 Å². The van der Waals surface area contributed by atoms with Crippen LogP contribution in [-0.2, 0) is 0 Å². The van der Waals surface area contributed by atoms with Gasteiger partial charge in [-0.3, -0.25) is 0 Å². The maximum absolute atomic E-state index is 2.28. The number of hydrogen-bond acceptors (Lipinski definition) is 2. The number of rotatable bonds is 0. The molecule has 64 valence electrons. The van der Waals surface area contributed by atoms with Crippen molar-refractivity contribution in [1.82, 2.24) is 4.90 Å². The Bertz CT molecular complexity index is 396. The van der Waals surface area contributed by atoms with Crippen LogP contribution < -0.4 is 0 Å². The fraction of sp³-hybridized carbons (Fsp3) is 0.0909. The molecule has 3 heterocycles. The average Bonchev–Trinajstić information content (AvgIpc) is 2.65. The Morgan fingerprint density at radius 2 is 2.15 bits per heavy atom. The van der Waals surface area contributed by atoms with Crippen LogP contribution in [0.5, 0.6) is 0 Å². The van der Waals surface area contributed by atoms with Gasteiger partial charge in [-0.25, -0.2) is 0 Å². The molecule has 3 aliphatic heterocycles. The molecule has 0 fully saturated rings. The van der Waals surface area contributed by atoms with Gasteiger partial charge in [-0.05, 0) is 23.8 Å². The number of allylic oxidation sites excluding steroid dienone is 5. The number of thioether (sulfide) groups is 1. The third-order valence-corrected chi connectivity index (χ3v) is 3.40. The SMILES string of the molecule is C1=CC2=C3SCC=C3C=CN2C=C1. The van der Waals surface area contributed by atoms with Gasteiger partial charge >= 0.3 is 0 Å². The lowest BCUT2D eigenvalue weighted by atomic mass is 10.1. The van der Waals surface area contributed by atoms with E-state index in [1.54, 1.807) is 0 Å². The molecule has 0 saturated heterocycles. The van der Waals surface area contributed by atoms with Crippen LogP contribution in [0.3, 0.4) is 0 Å². The number of nitrogens with zero attached hydrogens (tertiary/aromatic N) is 1. The van der Waals surface area contributed by atoms with Crippen LogP contribution in [0.2, 0.25) is 0 Å². The van der Waals surface area contributed by atoms with Crippen molar-refractivity contribution in [3.8, 4) is 0 Å². The molecule has 0 aliphatic carbocycles. The highest BCUT2D eigenvalue weighted by Crippen LogP contribution is 2.39. The smallest absolute Gasteiger partial charge is 0.0591 e. The van der Waals surface area contributed by atoms with E-state index in [1.165, 1.54) is 16.2 Å². The molecule has 13 heavy (non-hydrogen) atoms. The predicted molar refractivity (Wildman–Crippen MR) is 56.8 cm³/mol. The Morgan fingerprint density at radius 3 is 3.15 bits per heavy atom. The fourth-order valence-electron chi connectivity index (χ4n) is 1.70. The molecule has 1 nitrogen and oxygen atoms in total. The number of hydrogen-bond donors (Lipinski definition) is 0. The Kier molecular flexibility index (Phi) is 1.49. The first kappa shape index (κ1) is 7.27. The molecule has 0 radical (unpaired) electrons. The van der Waals surface area contributed by atoms with Gasteiger partial charge in [0.25, 0.3) is 0 Å². The van der Waals surface area contributed by atoms with Crippen LogP contribution >= 0.6 is 11.8 Å². The minimum absolute atomic E-state index is 1.11. The zero-order valence-electron chi connectivity index (χ0n) is 7.10. The molecule has 0 spiro atoms. The van der Waals surface area contributed by atoms with E-state index < -0.39 is 0 Å². The molecule has 0 unspecified atom stereocenters. The van der Waals surface area contributed by atoms with Crippen LogP contribution in [0, 0.1) is 0 Å². The third-order valence-electron chi connectivity index (χ3n) is 2.33. The maximum atomic E-state index is 2.28. The quantitative estimate of drug-likeness (QED) is 0.573. The Morgan fingerprint density at radius 1 is 1.15 bits per heavy atom. The normalized spacial score (nSPS) is 23.4. The van der Waals surface area contributed by atoms with Crippen LogP contribution in [0.4, 0.5) is 0 Å². The highest BCUT2D eigenvalue weighted by atomic mass is 32.2. The van der Waals surface area contributed by atoms with Crippen molar-refractivity contribution in [2.75, 3.05) is 5.75 Å². The van der Waals surface area contributed by atoms with E-state index in [4.69, 9.17) is 0 Å². The summed E-state index contributed by atoms with van der Waals surface area (Å²) in [7, 11) is 0. The summed E-state index contributed by atoms with van der Waals surface area (Å²) in [6.45, 7) is 0. The molecule has 3 rings (SSSR count). The largest absolute Gasteiger partial charge is 0.323 e. The molecule has 0 aromatic carbocycles. The van der Waals surface area contributed by atoms with Gasteiger partial charge in [0, 0.05) is 23.1 Å². The topological polar surface area (TPSA) is 3.24 Å². The van der Waals surface area contributed by atoms with Gasteiger partial charge < -0.3 is 4.90 Å². The van der Waals surface area contributed by atoms with Gasteiger partial charge in [0.05, 0.1) is 5.70 Å². The summed E-state index contributed by atoms with van der Waals surface area (Å²) in [5.74, 6) is 1.11. The molecular weight excluding hydrogens is 178 g/mol. The van der Waals surface area contributed by atoms with Gasteiger partial charge in [0.1, 0.15) is 0 Å². The van der Waals surface area contributed by atoms with E-state index in [0.717, 1.165) is 5.75 Å². The van der Waals surface area contributed by atoms with E-state index in [0.29, 0.717) is 0 Å². The van der Waals surface area contributed by atoms with Crippen molar-refractivity contribution < 1.29 is 0 Å². The molecule has 3 aliphatic rings. The lowest BCUT2D eigenvalue weighted by Gasteiger charge is -2.25. The van der Waals surface area contributed by atoms with Crippen LogP contribution in [-0.4, -0.2) is 10.7 Å². The lowest BCUT2D eigenvalue weighted by molar-refractivity contribution is 0.636. The summed E-state index contributed by atoms with van der Waals surface area (Å²) < 4.78 is 0. The fourth-order valence-corrected chi connectivity index (χ4v) is 2.76. The second-order valence-corrected chi connectivity index (χ2v) is 4.14. The van der Waals surface area contributed by atoms with Crippen molar-refractivity contribution >= 4 is 11.8 Å². The van der Waals surface area contributed by atoms with E-state index >= 15 is 0 Å². The minimum atomic E-state index is 1.11. The van der Waals surface area contributed by atoms with E-state index in [-0.39, 0.29) is 0 Å². The summed E-state index contributed by atoms with van der Waals surface area (Å²) in [6.07, 6.45) is 15.0. The first-order chi connectivity index (χ1) is 6.45. The van der Waals surface area contributed by atoms with Crippen molar-refractivity contribution in [3.05, 3.63) is 59.0 Å². The highest BCUT2D eigenvalue weighted by molar-refractivity contribution is 8.03. The monoisotopic (exact) mass is 187 g/mol. The van der Waals surface area contributed by atoms with Crippen LogP contribution in [0.15, 0.2) is 59.0 Å². The van der Waals surface area contributed by atoms with Gasteiger partial charge in [0.15, 0.2) is 0 Å². The lowest BCUT2D eigenvalue weighted by Crippen LogP contribution is -2.14. The molecule has 0 atom stereocenters. The zero-order chi connectivity index (χ0) is 8.67. The first-order valence-corrected chi connectivity index (χ1v) is 5.33. The van der Waals surface area contributed by atoms with Gasteiger partial charge in [-0.1, -0.05) is 12.2 Å². The van der Waals surface area contributed by atoms with E-state index in [2.05, 4.69) is 47.7 Å². The van der Waals surface area contributed by atoms with Crippen molar-refractivity contribution in [3.63, 3.8) is 0 Å². The highest BCUT2D eigenvalue weighted by Gasteiger charge is 2.20. The molecular formula is C11H9NS. The predicted octanol–water partition coefficient (Wildman–Crippen LogP) is 2.78. The van der Waals surface area contributed by atoms with E-state index in [1.807, 2.05) is 11.8 Å². The van der Waals surface area contributed by atoms with E-state index in [9.17, 15) is 0 Å². The Labute approximate surface area is 81.8 Å². The Balaban J connectivity index is 2.16.